The molecular formula is C9H8N4. The lowest BCUT2D eigenvalue weighted by atomic mass is 10.3. The van der Waals surface area contributed by atoms with Crippen molar-refractivity contribution >= 4 is 6.08 Å². The van der Waals surface area contributed by atoms with Crippen LogP contribution >= 0.6 is 0 Å². The van der Waals surface area contributed by atoms with Gasteiger partial charge in [0.2, 0.25) is 0 Å². The molecule has 0 bridgehead atoms. The lowest BCUT2D eigenvalue weighted by molar-refractivity contribution is 0.787. The van der Waals surface area contributed by atoms with Gasteiger partial charge in [-0.1, -0.05) is 24.8 Å². The van der Waals surface area contributed by atoms with Gasteiger partial charge in [0.05, 0.1) is 5.69 Å². The largest absolute Gasteiger partial charge is 0.193 e. The van der Waals surface area contributed by atoms with E-state index in [0.717, 1.165) is 5.69 Å². The van der Waals surface area contributed by atoms with Crippen LogP contribution in [0.2, 0.25) is 0 Å². The molecule has 0 unspecified atom stereocenters. The topological polar surface area (TPSA) is 43.6 Å². The number of nitrogens with zero attached hydrogens (tertiary/aromatic N) is 4. The molecule has 1 aromatic heterocycles. The van der Waals surface area contributed by atoms with Gasteiger partial charge in [-0.3, -0.25) is 0 Å². The predicted octanol–water partition coefficient (Wildman–Crippen LogP) is 1.31. The monoisotopic (exact) mass is 172 g/mol. The normalized spacial score (nSPS) is 9.85. The molecule has 0 amide bonds. The maximum Gasteiger partial charge on any atom is 0.179 e. The molecule has 1 aromatic carbocycles. The second kappa shape index (κ2) is 3.18. The first-order chi connectivity index (χ1) is 6.42. The predicted molar refractivity (Wildman–Crippen MR) is 49.2 cm³/mol. The fraction of sp³-hybridized carbons (Fsp3) is 0. The van der Waals surface area contributed by atoms with E-state index >= 15 is 0 Å². The number of tetrazole rings is 1. The van der Waals surface area contributed by atoms with Crippen LogP contribution in [0.4, 0.5) is 0 Å². The van der Waals surface area contributed by atoms with Gasteiger partial charge in [0.25, 0.3) is 0 Å². The Kier molecular flexibility index (Phi) is 1.88. The summed E-state index contributed by atoms with van der Waals surface area (Å²) in [5, 5.41) is 11.2. The molecule has 0 fully saturated rings. The van der Waals surface area contributed by atoms with Crippen LogP contribution in [0.25, 0.3) is 11.8 Å². The number of hydrogen-bond acceptors (Lipinski definition) is 3. The molecule has 0 spiro atoms. The van der Waals surface area contributed by atoms with Gasteiger partial charge in [0.1, 0.15) is 0 Å². The minimum Gasteiger partial charge on any atom is -0.193 e. The van der Waals surface area contributed by atoms with Gasteiger partial charge in [-0.15, -0.1) is 5.10 Å². The standard InChI is InChI=1S/C9H8N4/c1-2-9-10-11-12-13(9)8-6-4-3-5-7-8/h2-7H,1H2. The van der Waals surface area contributed by atoms with E-state index in [-0.39, 0.29) is 0 Å². The Morgan fingerprint density at radius 1 is 1.23 bits per heavy atom. The van der Waals surface area contributed by atoms with Crippen LogP contribution in [0.3, 0.4) is 0 Å². The van der Waals surface area contributed by atoms with E-state index in [4.69, 9.17) is 0 Å². The minimum atomic E-state index is 0.645. The second-order valence-electron chi connectivity index (χ2n) is 2.49. The number of hydrogen-bond donors (Lipinski definition) is 0. The van der Waals surface area contributed by atoms with Crippen molar-refractivity contribution in [3.05, 3.63) is 42.7 Å². The van der Waals surface area contributed by atoms with Gasteiger partial charge in [-0.05, 0) is 28.6 Å². The quantitative estimate of drug-likeness (QED) is 0.685. The first-order valence-electron chi connectivity index (χ1n) is 3.88. The average molecular weight is 172 g/mol. The van der Waals surface area contributed by atoms with Gasteiger partial charge in [-0.25, -0.2) is 0 Å². The van der Waals surface area contributed by atoms with E-state index < -0.39 is 0 Å². The van der Waals surface area contributed by atoms with Gasteiger partial charge in [0.15, 0.2) is 5.82 Å². The van der Waals surface area contributed by atoms with Crippen LogP contribution in [0.15, 0.2) is 36.9 Å². The van der Waals surface area contributed by atoms with Crippen molar-refractivity contribution in [2.24, 2.45) is 0 Å². The first-order valence-corrected chi connectivity index (χ1v) is 3.88. The summed E-state index contributed by atoms with van der Waals surface area (Å²) in [7, 11) is 0. The molecule has 13 heavy (non-hydrogen) atoms. The summed E-state index contributed by atoms with van der Waals surface area (Å²) in [4.78, 5) is 0. The zero-order valence-electron chi connectivity index (χ0n) is 6.96. The molecule has 4 heteroatoms. The summed E-state index contributed by atoms with van der Waals surface area (Å²) < 4.78 is 1.63. The van der Waals surface area contributed by atoms with Crippen LogP contribution in [-0.4, -0.2) is 20.2 Å². The Morgan fingerprint density at radius 2 is 2.00 bits per heavy atom. The van der Waals surface area contributed by atoms with Gasteiger partial charge < -0.3 is 0 Å². The summed E-state index contributed by atoms with van der Waals surface area (Å²) in [6.07, 6.45) is 1.62. The molecule has 0 saturated heterocycles. The van der Waals surface area contributed by atoms with Crippen LogP contribution in [0, 0.1) is 0 Å². The van der Waals surface area contributed by atoms with Crippen molar-refractivity contribution in [3.8, 4) is 5.69 Å². The Labute approximate surface area is 75.5 Å². The molecule has 0 atom stereocenters. The fourth-order valence-electron chi connectivity index (χ4n) is 1.07. The third-order valence-electron chi connectivity index (χ3n) is 1.68. The zero-order chi connectivity index (χ0) is 9.10. The highest BCUT2D eigenvalue weighted by atomic mass is 15.5. The van der Waals surface area contributed by atoms with Crippen molar-refractivity contribution in [1.29, 1.82) is 0 Å². The molecular weight excluding hydrogens is 164 g/mol. The molecule has 1 heterocycles. The Morgan fingerprint density at radius 3 is 2.69 bits per heavy atom. The molecule has 0 aliphatic carbocycles. The number of aromatic nitrogens is 4. The van der Waals surface area contributed by atoms with E-state index in [1.54, 1.807) is 10.8 Å². The van der Waals surface area contributed by atoms with Gasteiger partial charge >= 0.3 is 0 Å². The van der Waals surface area contributed by atoms with Crippen molar-refractivity contribution in [2.45, 2.75) is 0 Å². The van der Waals surface area contributed by atoms with Crippen LogP contribution < -0.4 is 0 Å². The first kappa shape index (κ1) is 7.67. The SMILES string of the molecule is C=Cc1nnnn1-c1ccccc1. The van der Waals surface area contributed by atoms with Crippen molar-refractivity contribution in [1.82, 2.24) is 20.2 Å². The maximum absolute atomic E-state index is 3.84. The van der Waals surface area contributed by atoms with Gasteiger partial charge in [0, 0.05) is 0 Å². The molecule has 0 saturated carbocycles. The smallest absolute Gasteiger partial charge is 0.179 e. The summed E-state index contributed by atoms with van der Waals surface area (Å²) in [5.74, 6) is 0.645. The van der Waals surface area contributed by atoms with Crippen LogP contribution in [0.1, 0.15) is 5.82 Å². The lowest BCUT2D eigenvalue weighted by Gasteiger charge is -1.99. The van der Waals surface area contributed by atoms with Crippen molar-refractivity contribution in [2.75, 3.05) is 0 Å². The minimum absolute atomic E-state index is 0.645. The number of rotatable bonds is 2. The average Bonchev–Trinajstić information content (AvgIpc) is 2.67. The van der Waals surface area contributed by atoms with Gasteiger partial charge in [-0.2, -0.15) is 4.68 Å². The molecule has 0 aliphatic heterocycles. The molecule has 0 radical (unpaired) electrons. The molecule has 2 rings (SSSR count). The Balaban J connectivity index is 2.52. The highest BCUT2D eigenvalue weighted by Crippen LogP contribution is 2.06. The fourth-order valence-corrected chi connectivity index (χ4v) is 1.07. The summed E-state index contributed by atoms with van der Waals surface area (Å²) >= 11 is 0. The Bertz CT molecular complexity index is 405. The highest BCUT2D eigenvalue weighted by Gasteiger charge is 2.02. The summed E-state index contributed by atoms with van der Waals surface area (Å²) in [5.41, 5.74) is 0.933. The molecule has 64 valence electrons. The Hall–Kier alpha value is -1.97. The van der Waals surface area contributed by atoms with E-state index in [9.17, 15) is 0 Å². The third-order valence-corrected chi connectivity index (χ3v) is 1.68. The summed E-state index contributed by atoms with van der Waals surface area (Å²) in [6, 6.07) is 9.68. The summed E-state index contributed by atoms with van der Waals surface area (Å²) in [6.45, 7) is 3.63. The lowest BCUT2D eigenvalue weighted by Crippen LogP contribution is -1.98. The second-order valence-corrected chi connectivity index (χ2v) is 2.49. The van der Waals surface area contributed by atoms with Crippen molar-refractivity contribution < 1.29 is 0 Å². The highest BCUT2D eigenvalue weighted by molar-refractivity contribution is 5.41. The molecule has 0 N–H and O–H groups in total. The zero-order valence-corrected chi connectivity index (χ0v) is 6.96. The van der Waals surface area contributed by atoms with E-state index in [2.05, 4.69) is 22.1 Å². The van der Waals surface area contributed by atoms with Crippen molar-refractivity contribution in [3.63, 3.8) is 0 Å². The van der Waals surface area contributed by atoms with E-state index in [0.29, 0.717) is 5.82 Å². The third kappa shape index (κ3) is 1.33. The number of para-hydroxylation sites is 1. The van der Waals surface area contributed by atoms with E-state index in [1.165, 1.54) is 0 Å². The maximum atomic E-state index is 3.84. The number of benzene rings is 1. The molecule has 4 nitrogen and oxygen atoms in total. The van der Waals surface area contributed by atoms with E-state index in [1.807, 2.05) is 30.3 Å². The van der Waals surface area contributed by atoms with Crippen LogP contribution in [-0.2, 0) is 0 Å². The molecule has 2 aromatic rings. The van der Waals surface area contributed by atoms with Crippen LogP contribution in [0.5, 0.6) is 0 Å². The molecule has 0 aliphatic rings.